The van der Waals surface area contributed by atoms with Gasteiger partial charge in [-0.15, -0.1) is 5.92 Å². The Morgan fingerprint density at radius 3 is 2.05 bits per heavy atom. The van der Waals surface area contributed by atoms with Crippen LogP contribution in [0.15, 0.2) is 24.3 Å². The van der Waals surface area contributed by atoms with Gasteiger partial charge in [0.25, 0.3) is 0 Å². The molecule has 1 aliphatic heterocycles. The van der Waals surface area contributed by atoms with Crippen molar-refractivity contribution in [2.75, 3.05) is 13.7 Å². The second-order valence-corrected chi connectivity index (χ2v) is 17.2. The van der Waals surface area contributed by atoms with Gasteiger partial charge in [0.1, 0.15) is 11.9 Å². The molecule has 0 aliphatic carbocycles. The smallest absolute Gasteiger partial charge is 0.192 e. The zero-order valence-electron chi connectivity index (χ0n) is 24.9. The van der Waals surface area contributed by atoms with Crippen molar-refractivity contribution in [2.45, 2.75) is 141 Å². The van der Waals surface area contributed by atoms with Gasteiger partial charge in [-0.3, -0.25) is 4.90 Å². The van der Waals surface area contributed by atoms with E-state index in [1.807, 2.05) is 12.1 Å². The molecule has 37 heavy (non-hydrogen) atoms. The van der Waals surface area contributed by atoms with E-state index in [0.717, 1.165) is 25.1 Å². The first-order valence-corrected chi connectivity index (χ1v) is 17.7. The van der Waals surface area contributed by atoms with Crippen LogP contribution >= 0.6 is 0 Å². The predicted octanol–water partition coefficient (Wildman–Crippen LogP) is 7.95. The highest BCUT2D eigenvalue weighted by Gasteiger charge is 2.52. The van der Waals surface area contributed by atoms with E-state index < -0.39 is 14.4 Å². The zero-order chi connectivity index (χ0) is 27.3. The molecule has 210 valence electrons. The number of hydrogen-bond donors (Lipinski definition) is 1. The Morgan fingerprint density at radius 2 is 1.51 bits per heavy atom. The first kappa shape index (κ1) is 31.9. The molecule has 1 heterocycles. The molecule has 1 aromatic carbocycles. The molecule has 0 radical (unpaired) electrons. The van der Waals surface area contributed by atoms with Crippen molar-refractivity contribution in [1.29, 1.82) is 0 Å². The van der Waals surface area contributed by atoms with E-state index in [1.54, 1.807) is 7.11 Å². The normalized spacial score (nSPS) is 20.3. The van der Waals surface area contributed by atoms with Gasteiger partial charge < -0.3 is 14.3 Å². The van der Waals surface area contributed by atoms with Crippen molar-refractivity contribution >= 4 is 8.32 Å². The highest BCUT2D eigenvalue weighted by molar-refractivity contribution is 6.74. The summed E-state index contributed by atoms with van der Waals surface area (Å²) in [5, 5.41) is 11.1. The Bertz CT molecular complexity index is 821. The third-order valence-corrected chi connectivity index (χ3v) is 12.8. The largest absolute Gasteiger partial charge is 0.497 e. The molecule has 1 unspecified atom stereocenters. The summed E-state index contributed by atoms with van der Waals surface area (Å²) in [6.45, 7) is 15.1. The van der Waals surface area contributed by atoms with E-state index in [2.05, 4.69) is 69.7 Å². The Kier molecular flexibility index (Phi) is 13.7. The summed E-state index contributed by atoms with van der Waals surface area (Å²) in [5.41, 5.74) is 1.21. The molecule has 1 N–H and O–H groups in total. The van der Waals surface area contributed by atoms with E-state index in [1.165, 1.54) is 63.4 Å². The van der Waals surface area contributed by atoms with E-state index in [4.69, 9.17) is 9.16 Å². The Morgan fingerprint density at radius 1 is 0.946 bits per heavy atom. The molecule has 1 aliphatic rings. The second kappa shape index (κ2) is 15.9. The van der Waals surface area contributed by atoms with Crippen molar-refractivity contribution < 1.29 is 14.3 Å². The van der Waals surface area contributed by atoms with Gasteiger partial charge in [0.05, 0.1) is 25.8 Å². The molecule has 1 fully saturated rings. The molecule has 0 saturated carbocycles. The average molecular weight is 530 g/mol. The maximum absolute atomic E-state index is 11.0. The van der Waals surface area contributed by atoms with Gasteiger partial charge in [-0.25, -0.2) is 0 Å². The van der Waals surface area contributed by atoms with Crippen molar-refractivity contribution in [1.82, 2.24) is 4.90 Å². The van der Waals surface area contributed by atoms with E-state index >= 15 is 0 Å². The number of methoxy groups -OCH3 is 1. The molecule has 0 amide bonds. The number of nitrogens with zero attached hydrogens (tertiary/aromatic N) is 1. The Hall–Kier alpha value is -1.32. The van der Waals surface area contributed by atoms with Gasteiger partial charge in [-0.2, -0.15) is 0 Å². The fourth-order valence-corrected chi connectivity index (χ4v) is 5.60. The summed E-state index contributed by atoms with van der Waals surface area (Å²) < 4.78 is 11.8. The summed E-state index contributed by atoms with van der Waals surface area (Å²) >= 11 is 0. The van der Waals surface area contributed by atoms with Crippen LogP contribution in [0.1, 0.15) is 104 Å². The van der Waals surface area contributed by atoms with Crippen molar-refractivity contribution in [3.63, 3.8) is 0 Å². The third-order valence-electron chi connectivity index (χ3n) is 8.29. The number of rotatable bonds is 17. The number of aliphatic hydroxyl groups is 1. The molecule has 0 aromatic heterocycles. The van der Waals surface area contributed by atoms with Crippen LogP contribution in [0, 0.1) is 11.8 Å². The lowest BCUT2D eigenvalue weighted by molar-refractivity contribution is 0.208. The van der Waals surface area contributed by atoms with Gasteiger partial charge in [-0.1, -0.05) is 104 Å². The average Bonchev–Trinajstić information content (AvgIpc) is 3.55. The highest BCUT2D eigenvalue weighted by atomic mass is 28.4. The van der Waals surface area contributed by atoms with E-state index in [0.29, 0.717) is 6.61 Å². The molecule has 0 bridgehead atoms. The zero-order valence-corrected chi connectivity index (χ0v) is 25.9. The van der Waals surface area contributed by atoms with Crippen LogP contribution in [0.2, 0.25) is 18.1 Å². The molecule has 0 spiro atoms. The molecular formula is C32H55NO3Si. The van der Waals surface area contributed by atoms with E-state index in [9.17, 15) is 5.11 Å². The van der Waals surface area contributed by atoms with Crippen LogP contribution in [0.25, 0.3) is 0 Å². The van der Waals surface area contributed by atoms with Crippen LogP contribution in [0.5, 0.6) is 5.75 Å². The lowest BCUT2D eigenvalue weighted by atomic mass is 10.1. The van der Waals surface area contributed by atoms with Crippen molar-refractivity contribution in [3.05, 3.63) is 29.8 Å². The number of unbranched alkanes of at least 4 members (excludes halogenated alkanes) is 10. The summed E-state index contributed by atoms with van der Waals surface area (Å²) in [6, 6.07) is 8.44. The van der Waals surface area contributed by atoms with Crippen LogP contribution in [0.3, 0.4) is 0 Å². The monoisotopic (exact) mass is 529 g/mol. The van der Waals surface area contributed by atoms with Crippen LogP contribution in [0.4, 0.5) is 0 Å². The summed E-state index contributed by atoms with van der Waals surface area (Å²) in [7, 11) is -0.157. The Balaban J connectivity index is 1.81. The molecule has 2 rings (SSSR count). The van der Waals surface area contributed by atoms with Gasteiger partial charge in [0, 0.05) is 13.0 Å². The van der Waals surface area contributed by atoms with Crippen molar-refractivity contribution in [2.24, 2.45) is 0 Å². The Labute approximate surface area is 229 Å². The predicted molar refractivity (Wildman–Crippen MR) is 160 cm³/mol. The molecule has 1 saturated heterocycles. The molecule has 1 aromatic rings. The third kappa shape index (κ3) is 11.1. The minimum Gasteiger partial charge on any atom is -0.497 e. The van der Waals surface area contributed by atoms with Gasteiger partial charge in [-0.05, 0) is 42.2 Å². The summed E-state index contributed by atoms with van der Waals surface area (Å²) in [4.78, 5) is 2.34. The lowest BCUT2D eigenvalue weighted by Gasteiger charge is -2.36. The van der Waals surface area contributed by atoms with Gasteiger partial charge in [0.2, 0.25) is 0 Å². The number of ether oxygens (including phenoxy) is 1. The number of benzene rings is 1. The maximum Gasteiger partial charge on any atom is 0.192 e. The summed E-state index contributed by atoms with van der Waals surface area (Å²) in [6.07, 6.45) is 13.5. The minimum atomic E-state index is -1.85. The fourth-order valence-electron chi connectivity index (χ4n) is 4.58. The second-order valence-electron chi connectivity index (χ2n) is 12.3. The van der Waals surface area contributed by atoms with E-state index in [-0.39, 0.29) is 17.1 Å². The SMILES string of the molecule is CCCCCCCCCCCCC#C[C@H](O)[C@@H]1[C@H](CO[Si](C)(C)C(C)(C)C)N1Cc1ccc(OC)cc1. The molecule has 4 nitrogen and oxygen atoms in total. The fraction of sp³-hybridized carbons (Fsp3) is 0.750. The number of aliphatic hydroxyl groups excluding tert-OH is 1. The number of hydrogen-bond acceptors (Lipinski definition) is 4. The van der Waals surface area contributed by atoms with Gasteiger partial charge >= 0.3 is 0 Å². The standard InChI is InChI=1S/C32H55NO3Si/c1-8-9-10-11-12-13-14-15-16-17-18-19-20-30(34)31-29(26-36-37(6,7)32(2,3)4)33(31)25-27-21-23-28(35-5)24-22-27/h21-24,29-31,34H,8-18,25-26H2,1-7H3/t29-,30-,31-,33?/m0/s1. The summed E-state index contributed by atoms with van der Waals surface area (Å²) in [5.74, 6) is 7.30. The van der Waals surface area contributed by atoms with Crippen molar-refractivity contribution in [3.8, 4) is 17.6 Å². The topological polar surface area (TPSA) is 41.7 Å². The first-order valence-electron chi connectivity index (χ1n) is 14.8. The molecule has 4 atom stereocenters. The molecule has 5 heteroatoms. The highest BCUT2D eigenvalue weighted by Crippen LogP contribution is 2.39. The maximum atomic E-state index is 11.0. The van der Waals surface area contributed by atoms with Crippen LogP contribution in [-0.2, 0) is 11.0 Å². The van der Waals surface area contributed by atoms with Crippen LogP contribution < -0.4 is 4.74 Å². The molecular weight excluding hydrogens is 474 g/mol. The first-order chi connectivity index (χ1) is 17.6. The lowest BCUT2D eigenvalue weighted by Crippen LogP contribution is -2.42. The van der Waals surface area contributed by atoms with Gasteiger partial charge in [0.15, 0.2) is 8.32 Å². The minimum absolute atomic E-state index is 0.0343. The van der Waals surface area contributed by atoms with Crippen LogP contribution in [-0.4, -0.2) is 50.2 Å². The quantitative estimate of drug-likeness (QED) is 0.0962.